The molecular formula is C17H26Cl2F3N3O. The molecule has 1 fully saturated rings. The highest BCUT2D eigenvalue weighted by Gasteiger charge is 2.30. The molecule has 0 spiro atoms. The van der Waals surface area contributed by atoms with Crippen LogP contribution in [0.25, 0.3) is 0 Å². The van der Waals surface area contributed by atoms with Gasteiger partial charge in [-0.25, -0.2) is 0 Å². The van der Waals surface area contributed by atoms with Gasteiger partial charge in [0.05, 0.1) is 5.56 Å². The number of hydrogen-bond acceptors (Lipinski definition) is 3. The largest absolute Gasteiger partial charge is 0.416 e. The first-order chi connectivity index (χ1) is 11.4. The fourth-order valence-electron chi connectivity index (χ4n) is 2.85. The summed E-state index contributed by atoms with van der Waals surface area (Å²) in [6.45, 7) is 4.07. The number of benzene rings is 1. The van der Waals surface area contributed by atoms with Crippen LogP contribution in [0, 0.1) is 0 Å². The van der Waals surface area contributed by atoms with E-state index in [1.807, 2.05) is 4.90 Å². The third-order valence-electron chi connectivity index (χ3n) is 4.22. The van der Waals surface area contributed by atoms with Crippen LogP contribution in [0.5, 0.6) is 0 Å². The van der Waals surface area contributed by atoms with Gasteiger partial charge in [-0.1, -0.05) is 12.1 Å². The molecule has 1 saturated heterocycles. The minimum Gasteiger partial charge on any atom is -0.341 e. The van der Waals surface area contributed by atoms with Gasteiger partial charge in [0.1, 0.15) is 0 Å². The SMILES string of the molecule is Cl.Cl.NCCCC(=O)N1CCCN(Cc2ccc(C(F)(F)F)cc2)CC1. The zero-order valence-corrected chi connectivity index (χ0v) is 16.1. The maximum absolute atomic E-state index is 12.6. The van der Waals surface area contributed by atoms with Gasteiger partial charge < -0.3 is 10.6 Å². The topological polar surface area (TPSA) is 49.6 Å². The second-order valence-electron chi connectivity index (χ2n) is 6.10. The molecule has 2 rings (SSSR count). The van der Waals surface area contributed by atoms with Crippen LogP contribution in [0.4, 0.5) is 13.2 Å². The first kappa shape index (κ1) is 25.0. The van der Waals surface area contributed by atoms with Crippen molar-refractivity contribution in [2.75, 3.05) is 32.7 Å². The Hall–Kier alpha value is -1.02. The number of amides is 1. The van der Waals surface area contributed by atoms with Crippen molar-refractivity contribution in [1.82, 2.24) is 9.80 Å². The number of nitrogens with zero attached hydrogens (tertiary/aromatic N) is 2. The molecule has 0 unspecified atom stereocenters. The summed E-state index contributed by atoms with van der Waals surface area (Å²) in [4.78, 5) is 16.1. The van der Waals surface area contributed by atoms with Crippen molar-refractivity contribution in [2.24, 2.45) is 5.73 Å². The normalized spacial score (nSPS) is 15.6. The van der Waals surface area contributed by atoms with Gasteiger partial charge in [-0.2, -0.15) is 13.2 Å². The summed E-state index contributed by atoms with van der Waals surface area (Å²) >= 11 is 0. The van der Waals surface area contributed by atoms with Gasteiger partial charge in [0.15, 0.2) is 0 Å². The molecule has 0 radical (unpaired) electrons. The van der Waals surface area contributed by atoms with Crippen molar-refractivity contribution in [1.29, 1.82) is 0 Å². The number of hydrogen-bond donors (Lipinski definition) is 1. The lowest BCUT2D eigenvalue weighted by Crippen LogP contribution is -2.35. The molecule has 26 heavy (non-hydrogen) atoms. The van der Waals surface area contributed by atoms with Gasteiger partial charge in [-0.05, 0) is 37.1 Å². The number of carbonyl (C=O) groups is 1. The zero-order chi connectivity index (χ0) is 17.6. The molecule has 0 bridgehead atoms. The van der Waals surface area contributed by atoms with Crippen LogP contribution >= 0.6 is 24.8 Å². The summed E-state index contributed by atoms with van der Waals surface area (Å²) in [6, 6.07) is 5.29. The fourth-order valence-corrected chi connectivity index (χ4v) is 2.85. The van der Waals surface area contributed by atoms with Gasteiger partial charge >= 0.3 is 6.18 Å². The quantitative estimate of drug-likeness (QED) is 0.802. The van der Waals surface area contributed by atoms with Crippen molar-refractivity contribution < 1.29 is 18.0 Å². The van der Waals surface area contributed by atoms with E-state index in [2.05, 4.69) is 4.90 Å². The Morgan fingerprint density at radius 2 is 1.69 bits per heavy atom. The van der Waals surface area contributed by atoms with Crippen molar-refractivity contribution in [3.8, 4) is 0 Å². The first-order valence-corrected chi connectivity index (χ1v) is 8.26. The molecule has 4 nitrogen and oxygen atoms in total. The lowest BCUT2D eigenvalue weighted by Gasteiger charge is -2.22. The fraction of sp³-hybridized carbons (Fsp3) is 0.588. The number of halogens is 5. The van der Waals surface area contributed by atoms with Crippen LogP contribution in [-0.2, 0) is 17.5 Å². The summed E-state index contributed by atoms with van der Waals surface area (Å²) in [5, 5.41) is 0. The average molecular weight is 416 g/mol. The van der Waals surface area contributed by atoms with E-state index in [0.29, 0.717) is 32.5 Å². The third-order valence-corrected chi connectivity index (χ3v) is 4.22. The summed E-state index contributed by atoms with van der Waals surface area (Å²) in [5.74, 6) is 0.136. The monoisotopic (exact) mass is 415 g/mol. The molecule has 1 aliphatic heterocycles. The highest BCUT2D eigenvalue weighted by molar-refractivity contribution is 5.85. The number of alkyl halides is 3. The summed E-state index contributed by atoms with van der Waals surface area (Å²) in [5.41, 5.74) is 5.66. The van der Waals surface area contributed by atoms with Crippen LogP contribution in [0.3, 0.4) is 0 Å². The Kier molecular flexibility index (Phi) is 11.2. The van der Waals surface area contributed by atoms with Crippen LogP contribution in [0.2, 0.25) is 0 Å². The summed E-state index contributed by atoms with van der Waals surface area (Å²) in [7, 11) is 0. The number of carbonyl (C=O) groups excluding carboxylic acids is 1. The van der Waals surface area contributed by atoms with Gasteiger partial charge in [-0.15, -0.1) is 24.8 Å². The molecule has 9 heteroatoms. The number of nitrogens with two attached hydrogens (primary N) is 1. The smallest absolute Gasteiger partial charge is 0.341 e. The van der Waals surface area contributed by atoms with E-state index in [4.69, 9.17) is 5.73 Å². The van der Waals surface area contributed by atoms with E-state index in [-0.39, 0.29) is 30.7 Å². The molecule has 1 aromatic carbocycles. The van der Waals surface area contributed by atoms with Gasteiger partial charge in [0, 0.05) is 39.1 Å². The Morgan fingerprint density at radius 1 is 1.04 bits per heavy atom. The standard InChI is InChI=1S/C17H24F3N3O.2ClH/c18-17(19,20)15-6-4-14(5-7-15)13-22-9-2-10-23(12-11-22)16(24)3-1-8-21;;/h4-7H,1-3,8-13,21H2;2*1H. The van der Waals surface area contributed by atoms with Crippen molar-refractivity contribution >= 4 is 30.7 Å². The van der Waals surface area contributed by atoms with Crippen molar-refractivity contribution in [3.05, 3.63) is 35.4 Å². The molecular weight excluding hydrogens is 390 g/mol. The third kappa shape index (κ3) is 7.70. The highest BCUT2D eigenvalue weighted by atomic mass is 35.5. The van der Waals surface area contributed by atoms with E-state index in [0.717, 1.165) is 43.8 Å². The predicted molar refractivity (Wildman–Crippen MR) is 101 cm³/mol. The molecule has 0 atom stereocenters. The maximum Gasteiger partial charge on any atom is 0.416 e. The molecule has 1 aliphatic rings. The second-order valence-corrected chi connectivity index (χ2v) is 6.10. The Bertz CT molecular complexity index is 541. The Balaban J connectivity index is 0.00000312. The maximum atomic E-state index is 12.6. The highest BCUT2D eigenvalue weighted by Crippen LogP contribution is 2.29. The molecule has 1 aromatic rings. The van der Waals surface area contributed by atoms with Crippen molar-refractivity contribution in [2.45, 2.75) is 32.0 Å². The van der Waals surface area contributed by atoms with Gasteiger partial charge in [-0.3, -0.25) is 9.69 Å². The minimum absolute atomic E-state index is 0. The van der Waals surface area contributed by atoms with E-state index in [9.17, 15) is 18.0 Å². The molecule has 150 valence electrons. The minimum atomic E-state index is -4.30. The molecule has 0 saturated carbocycles. The van der Waals surface area contributed by atoms with Gasteiger partial charge in [0.2, 0.25) is 5.91 Å². The molecule has 1 amide bonds. The Labute approximate surface area is 164 Å². The van der Waals surface area contributed by atoms with Crippen LogP contribution in [0.15, 0.2) is 24.3 Å². The average Bonchev–Trinajstić information content (AvgIpc) is 2.78. The van der Waals surface area contributed by atoms with E-state index < -0.39 is 11.7 Å². The predicted octanol–water partition coefficient (Wildman–Crippen LogP) is 3.32. The van der Waals surface area contributed by atoms with Crippen molar-refractivity contribution in [3.63, 3.8) is 0 Å². The molecule has 0 aliphatic carbocycles. The lowest BCUT2D eigenvalue weighted by molar-refractivity contribution is -0.137. The van der Waals surface area contributed by atoms with E-state index in [1.165, 1.54) is 12.1 Å². The van der Waals surface area contributed by atoms with E-state index in [1.54, 1.807) is 0 Å². The van der Waals surface area contributed by atoms with Crippen LogP contribution in [-0.4, -0.2) is 48.4 Å². The second kappa shape index (κ2) is 11.6. The lowest BCUT2D eigenvalue weighted by atomic mass is 10.1. The number of rotatable bonds is 5. The molecule has 0 aromatic heterocycles. The molecule has 2 N–H and O–H groups in total. The molecule has 1 heterocycles. The first-order valence-electron chi connectivity index (χ1n) is 8.26. The van der Waals surface area contributed by atoms with Crippen LogP contribution in [0.1, 0.15) is 30.4 Å². The van der Waals surface area contributed by atoms with E-state index >= 15 is 0 Å². The summed E-state index contributed by atoms with van der Waals surface area (Å²) < 4.78 is 37.8. The van der Waals surface area contributed by atoms with Gasteiger partial charge in [0.25, 0.3) is 0 Å². The Morgan fingerprint density at radius 3 is 2.27 bits per heavy atom. The van der Waals surface area contributed by atoms with Crippen LogP contribution < -0.4 is 5.73 Å². The zero-order valence-electron chi connectivity index (χ0n) is 14.5. The summed E-state index contributed by atoms with van der Waals surface area (Å²) in [6.07, 6.45) is -2.25.